The van der Waals surface area contributed by atoms with Crippen LogP contribution in [0.5, 0.6) is 11.5 Å². The van der Waals surface area contributed by atoms with Crippen LogP contribution < -0.4 is 15.4 Å². The van der Waals surface area contributed by atoms with Crippen LogP contribution in [0.2, 0.25) is 0 Å². The number of amides is 2. The number of hydrogen-bond donors (Lipinski definition) is 3. The molecule has 2 heterocycles. The minimum absolute atomic E-state index is 0.0825. The van der Waals surface area contributed by atoms with Crippen molar-refractivity contribution in [2.45, 2.75) is 19.9 Å². The van der Waals surface area contributed by atoms with Crippen molar-refractivity contribution in [2.75, 3.05) is 51.0 Å². The molecular weight excluding hydrogens is 611 g/mol. The van der Waals surface area contributed by atoms with Crippen molar-refractivity contribution in [3.63, 3.8) is 0 Å². The van der Waals surface area contributed by atoms with Crippen LogP contribution in [-0.2, 0) is 25.6 Å². The molecule has 0 aliphatic heterocycles. The molecule has 14 heteroatoms. The smallest absolute Gasteiger partial charge is 0.323 e. The van der Waals surface area contributed by atoms with Gasteiger partial charge in [0.1, 0.15) is 17.3 Å². The van der Waals surface area contributed by atoms with E-state index in [1.165, 1.54) is 20.3 Å². The van der Waals surface area contributed by atoms with E-state index in [1.807, 2.05) is 6.07 Å². The number of nitroso groups, excluding NO2 is 1. The van der Waals surface area contributed by atoms with Crippen molar-refractivity contribution < 1.29 is 37.7 Å². The van der Waals surface area contributed by atoms with Crippen molar-refractivity contribution in [3.05, 3.63) is 94.9 Å². The van der Waals surface area contributed by atoms with Gasteiger partial charge in [-0.05, 0) is 61.0 Å². The molecule has 3 N–H and O–H groups in total. The van der Waals surface area contributed by atoms with Crippen LogP contribution >= 0.6 is 0 Å². The Balaban J connectivity index is 1.27. The molecule has 0 spiro atoms. The van der Waals surface area contributed by atoms with Gasteiger partial charge in [-0.3, -0.25) is 19.5 Å². The lowest BCUT2D eigenvalue weighted by Crippen LogP contribution is -2.37. The summed E-state index contributed by atoms with van der Waals surface area (Å²) in [5.74, 6) is -0.458. The molecule has 0 atom stereocenters. The molecule has 0 saturated heterocycles. The lowest BCUT2D eigenvalue weighted by molar-refractivity contribution is -0.565. The number of nitrogens with one attached hydrogen (secondary N) is 3. The van der Waals surface area contributed by atoms with Gasteiger partial charge in [-0.15, -0.1) is 0 Å². The number of rotatable bonds is 15. The van der Waals surface area contributed by atoms with Gasteiger partial charge in [0.2, 0.25) is 6.54 Å². The number of esters is 2. The zero-order chi connectivity index (χ0) is 33.8. The Bertz CT molecular complexity index is 1690. The van der Waals surface area contributed by atoms with Crippen LogP contribution in [-0.4, -0.2) is 78.0 Å². The largest absolute Gasteiger partial charge is 0.468 e. The second-order valence-corrected chi connectivity index (χ2v) is 10.6. The third-order valence-corrected chi connectivity index (χ3v) is 6.87. The molecule has 0 radical (unpaired) electrons. The zero-order valence-electron chi connectivity index (χ0n) is 26.2. The van der Waals surface area contributed by atoms with E-state index in [0.29, 0.717) is 41.5 Å². The van der Waals surface area contributed by atoms with E-state index in [4.69, 9.17) is 4.74 Å². The third kappa shape index (κ3) is 10.7. The molecule has 0 bridgehead atoms. The van der Waals surface area contributed by atoms with Gasteiger partial charge in [0.15, 0.2) is 6.54 Å². The highest BCUT2D eigenvalue weighted by molar-refractivity contribution is 5.99. The molecule has 2 aromatic carbocycles. The number of anilines is 2. The summed E-state index contributed by atoms with van der Waals surface area (Å²) in [7, 11) is 2.53. The lowest BCUT2D eigenvalue weighted by Gasteiger charge is -2.18. The minimum atomic E-state index is -0.578. The van der Waals surface area contributed by atoms with E-state index in [2.05, 4.69) is 30.1 Å². The molecule has 13 nitrogen and oxygen atoms in total. The quantitative estimate of drug-likeness (QED) is 0.116. The van der Waals surface area contributed by atoms with Gasteiger partial charge in [0, 0.05) is 52.3 Å². The van der Waals surface area contributed by atoms with Crippen LogP contribution in [0.25, 0.3) is 11.4 Å². The third-order valence-electron chi connectivity index (χ3n) is 6.87. The number of ether oxygens (including phenoxy) is 3. The van der Waals surface area contributed by atoms with Crippen LogP contribution in [0.4, 0.5) is 20.6 Å². The predicted molar refractivity (Wildman–Crippen MR) is 172 cm³/mol. The molecule has 47 heavy (non-hydrogen) atoms. The van der Waals surface area contributed by atoms with Crippen molar-refractivity contribution in [1.29, 1.82) is 0 Å². The number of aromatic amines is 1. The lowest BCUT2D eigenvalue weighted by atomic mass is 10.2. The molecular formula is C33H36FN6O7+. The van der Waals surface area contributed by atoms with Gasteiger partial charge >= 0.3 is 18.0 Å². The number of urea groups is 1. The fourth-order valence-corrected chi connectivity index (χ4v) is 4.52. The summed E-state index contributed by atoms with van der Waals surface area (Å²) in [6.45, 7) is 2.28. The minimum Gasteiger partial charge on any atom is -0.468 e. The van der Waals surface area contributed by atoms with Crippen molar-refractivity contribution in [1.82, 2.24) is 14.9 Å². The van der Waals surface area contributed by atoms with E-state index in [9.17, 15) is 23.7 Å². The number of nitrogens with zero attached hydrogens (tertiary/aromatic N) is 3. The number of halogens is 1. The number of carbonyl (C=O) groups excluding carboxylic acids is 3. The molecule has 2 aromatic heterocycles. The van der Waals surface area contributed by atoms with E-state index < -0.39 is 23.8 Å². The second kappa shape index (κ2) is 16.6. The van der Waals surface area contributed by atoms with Crippen LogP contribution in [0, 0.1) is 17.6 Å². The summed E-state index contributed by atoms with van der Waals surface area (Å²) in [6, 6.07) is 15.8. The number of aromatic nitrogens is 2. The maximum atomic E-state index is 14.0. The molecule has 0 aliphatic carbocycles. The summed E-state index contributed by atoms with van der Waals surface area (Å²) in [6.07, 6.45) is 3.75. The van der Waals surface area contributed by atoms with Crippen molar-refractivity contribution >= 4 is 29.3 Å². The number of benzene rings is 2. The average molecular weight is 648 g/mol. The Morgan fingerprint density at radius 3 is 2.36 bits per heavy atom. The fraction of sp³-hybridized carbons (Fsp3) is 0.273. The topological polar surface area (TPSA) is 155 Å². The molecule has 4 aromatic rings. The molecule has 2 amide bonds. The Morgan fingerprint density at radius 1 is 0.936 bits per heavy atom. The summed E-state index contributed by atoms with van der Waals surface area (Å²) < 4.78 is 30.2. The Morgan fingerprint density at radius 2 is 1.66 bits per heavy atom. The highest BCUT2D eigenvalue weighted by Gasteiger charge is 2.18. The first kappa shape index (κ1) is 34.2. The van der Waals surface area contributed by atoms with Gasteiger partial charge in [-0.1, -0.05) is 6.07 Å². The Hall–Kier alpha value is -5.63. The summed E-state index contributed by atoms with van der Waals surface area (Å²) >= 11 is 0. The zero-order valence-corrected chi connectivity index (χ0v) is 26.2. The number of H-pyrrole nitrogens is 1. The Kier molecular flexibility index (Phi) is 12.1. The molecule has 0 aliphatic rings. The maximum Gasteiger partial charge on any atom is 0.323 e. The standard InChI is InChI=1S/C33H35FN6O7/c1-22-5-10-27(34)28(15-22)38-33(43)37-24-6-8-25(9-7-24)47-26-11-12-35-30(17-26)29-16-23(18-36-29)19-40(44)14-4-13-39(20-31(41)45-2)21-32(42)46-3/h5-12,15-18H,4,13-14,19-21H2,1-3H3,(H2-,35,36,37,38,43)/p+1. The van der Waals surface area contributed by atoms with E-state index >= 15 is 0 Å². The van der Waals surface area contributed by atoms with E-state index in [1.54, 1.807) is 72.7 Å². The SMILES string of the molecule is COC(=O)CN(CCC[N+](=O)Cc1c[nH]c(-c2cc(Oc3ccc(NC(=O)Nc4cc(C)ccc4F)cc3)ccn2)c1)CC(=O)OC. The average Bonchev–Trinajstić information content (AvgIpc) is 3.52. The molecule has 246 valence electrons. The van der Waals surface area contributed by atoms with Crippen molar-refractivity contribution in [3.8, 4) is 22.9 Å². The van der Waals surface area contributed by atoms with E-state index in [-0.39, 0.29) is 31.9 Å². The highest BCUT2D eigenvalue weighted by atomic mass is 19.1. The van der Waals surface area contributed by atoms with Gasteiger partial charge in [-0.25, -0.2) is 9.18 Å². The number of carbonyl (C=O) groups is 3. The van der Waals surface area contributed by atoms with Gasteiger partial charge in [0.05, 0.1) is 44.4 Å². The second-order valence-electron chi connectivity index (χ2n) is 10.6. The predicted octanol–water partition coefficient (Wildman–Crippen LogP) is 5.28. The first-order chi connectivity index (χ1) is 22.6. The Labute approximate surface area is 270 Å². The first-order valence-corrected chi connectivity index (χ1v) is 14.7. The monoisotopic (exact) mass is 647 g/mol. The summed E-state index contributed by atoms with van der Waals surface area (Å²) in [4.78, 5) is 57.3. The first-order valence-electron chi connectivity index (χ1n) is 14.7. The number of pyridine rings is 1. The maximum absolute atomic E-state index is 14.0. The van der Waals surface area contributed by atoms with Gasteiger partial charge in [-0.2, -0.15) is 0 Å². The van der Waals surface area contributed by atoms with Crippen LogP contribution in [0.1, 0.15) is 17.5 Å². The number of hydrogen-bond acceptors (Lipinski definition) is 9. The normalized spacial score (nSPS) is 10.7. The molecule has 0 fully saturated rings. The van der Waals surface area contributed by atoms with E-state index in [0.717, 1.165) is 15.9 Å². The van der Waals surface area contributed by atoms with Gasteiger partial charge < -0.3 is 29.8 Å². The number of aryl methyl sites for hydroxylation is 1. The molecule has 0 saturated carbocycles. The number of methoxy groups -OCH3 is 2. The van der Waals surface area contributed by atoms with Crippen molar-refractivity contribution in [2.24, 2.45) is 0 Å². The fourth-order valence-electron chi connectivity index (χ4n) is 4.52. The summed E-state index contributed by atoms with van der Waals surface area (Å²) in [5, 5.41) is 5.16. The highest BCUT2D eigenvalue weighted by Crippen LogP contribution is 2.27. The molecule has 0 unspecified atom stereocenters. The van der Waals surface area contributed by atoms with Gasteiger partial charge in [0.25, 0.3) is 0 Å². The van der Waals surface area contributed by atoms with Crippen LogP contribution in [0.3, 0.4) is 0 Å². The molecule has 4 rings (SSSR count). The summed E-state index contributed by atoms with van der Waals surface area (Å²) in [5.41, 5.74) is 3.44. The van der Waals surface area contributed by atoms with Crippen LogP contribution in [0.15, 0.2) is 73.1 Å².